The van der Waals surface area contributed by atoms with E-state index in [1.54, 1.807) is 0 Å². The van der Waals surface area contributed by atoms with Crippen LogP contribution in [0.25, 0.3) is 0 Å². The number of rotatable bonds is 44. The second kappa shape index (κ2) is 44.0. The minimum absolute atomic E-state index is 0.175. The fraction of sp³-hybridized carbons (Fsp3) is 0.792. The van der Waals surface area contributed by atoms with Crippen molar-refractivity contribution in [2.75, 3.05) is 26.4 Å². The van der Waals surface area contributed by atoms with E-state index in [0.717, 1.165) is 70.6 Å². The average molecular weight is 855 g/mol. The van der Waals surface area contributed by atoms with Gasteiger partial charge in [-0.1, -0.05) is 191 Å². The quantitative estimate of drug-likeness (QED) is 0.0234. The standard InChI is InChI=1S/C48H87O10P/c1-3-5-7-9-11-13-15-17-19-20-21-22-23-24-26-28-30-32-34-36-38-40-48(52)58-46(44-57-59(53,54)56-42-45(50)41-49)43-55-47(51)39-37-35-33-31-29-27-25-18-16-14-12-10-8-6-4-2/h5,7,11,13,17,19,21-22,45-46,49-50H,3-4,6,8-10,12,14-16,18,20,23-44H2,1-2H3,(H,53,54)/b7-5-,13-11-,19-17-,22-21-. The monoisotopic (exact) mass is 855 g/mol. The van der Waals surface area contributed by atoms with Gasteiger partial charge in [-0.2, -0.15) is 0 Å². The summed E-state index contributed by atoms with van der Waals surface area (Å²) in [6.07, 6.45) is 47.8. The predicted octanol–water partition coefficient (Wildman–Crippen LogP) is 12.9. The molecule has 10 nitrogen and oxygen atoms in total. The zero-order chi connectivity index (χ0) is 43.3. The Labute approximate surface area is 360 Å². The van der Waals surface area contributed by atoms with Crippen LogP contribution in [0.4, 0.5) is 0 Å². The highest BCUT2D eigenvalue weighted by Crippen LogP contribution is 2.43. The van der Waals surface area contributed by atoms with E-state index in [1.807, 2.05) is 0 Å². The molecule has 0 rings (SSSR count). The lowest BCUT2D eigenvalue weighted by Crippen LogP contribution is -2.29. The van der Waals surface area contributed by atoms with E-state index >= 15 is 0 Å². The molecule has 0 aliphatic carbocycles. The molecule has 344 valence electrons. The van der Waals surface area contributed by atoms with Gasteiger partial charge in [0.25, 0.3) is 0 Å². The first-order valence-electron chi connectivity index (χ1n) is 23.6. The van der Waals surface area contributed by atoms with Gasteiger partial charge in [-0.3, -0.25) is 18.6 Å². The van der Waals surface area contributed by atoms with Gasteiger partial charge in [-0.15, -0.1) is 0 Å². The largest absolute Gasteiger partial charge is 0.472 e. The second-order valence-electron chi connectivity index (χ2n) is 15.8. The van der Waals surface area contributed by atoms with Crippen molar-refractivity contribution in [1.29, 1.82) is 0 Å². The SMILES string of the molecule is CC/C=C\C/C=C\C/C=C\C/C=C\CCCCCCCCCCC(=O)OC(COC(=O)CCCCCCCCCCCCCCCCC)COP(=O)(O)OCC(O)CO. The maximum absolute atomic E-state index is 12.7. The summed E-state index contributed by atoms with van der Waals surface area (Å²) in [5.74, 6) is -0.928. The molecule has 0 aromatic rings. The Balaban J connectivity index is 4.24. The molecule has 0 aliphatic rings. The van der Waals surface area contributed by atoms with E-state index in [2.05, 4.69) is 62.5 Å². The van der Waals surface area contributed by atoms with Gasteiger partial charge in [0, 0.05) is 12.8 Å². The molecule has 0 saturated heterocycles. The molecule has 3 unspecified atom stereocenters. The van der Waals surface area contributed by atoms with Crippen LogP contribution in [0.1, 0.15) is 206 Å². The van der Waals surface area contributed by atoms with Crippen LogP contribution < -0.4 is 0 Å². The van der Waals surface area contributed by atoms with Gasteiger partial charge in [0.2, 0.25) is 0 Å². The smallest absolute Gasteiger partial charge is 0.462 e. The molecule has 0 aromatic heterocycles. The minimum atomic E-state index is -4.62. The van der Waals surface area contributed by atoms with Crippen molar-refractivity contribution < 1.29 is 47.8 Å². The van der Waals surface area contributed by atoms with Gasteiger partial charge in [0.1, 0.15) is 12.7 Å². The maximum Gasteiger partial charge on any atom is 0.472 e. The maximum atomic E-state index is 12.7. The van der Waals surface area contributed by atoms with Gasteiger partial charge in [-0.25, -0.2) is 4.57 Å². The summed E-state index contributed by atoms with van der Waals surface area (Å²) in [6, 6.07) is 0. The van der Waals surface area contributed by atoms with Gasteiger partial charge >= 0.3 is 19.8 Å². The number of esters is 2. The summed E-state index contributed by atoms with van der Waals surface area (Å²) < 4.78 is 32.8. The minimum Gasteiger partial charge on any atom is -0.462 e. The Morgan fingerprint density at radius 2 is 0.932 bits per heavy atom. The lowest BCUT2D eigenvalue weighted by Gasteiger charge is -2.20. The Kier molecular flexibility index (Phi) is 42.5. The number of phosphoric ester groups is 1. The third kappa shape index (κ3) is 43.8. The molecule has 0 aliphatic heterocycles. The number of hydrogen-bond donors (Lipinski definition) is 3. The molecule has 0 radical (unpaired) electrons. The average Bonchev–Trinajstić information content (AvgIpc) is 3.22. The zero-order valence-corrected chi connectivity index (χ0v) is 38.4. The van der Waals surface area contributed by atoms with Crippen molar-refractivity contribution in [2.24, 2.45) is 0 Å². The molecule has 0 saturated carbocycles. The molecule has 0 aromatic carbocycles. The first kappa shape index (κ1) is 56.9. The number of phosphoric acid groups is 1. The summed E-state index contributed by atoms with van der Waals surface area (Å²) >= 11 is 0. The van der Waals surface area contributed by atoms with Crippen molar-refractivity contribution in [1.82, 2.24) is 0 Å². The highest BCUT2D eigenvalue weighted by atomic mass is 31.2. The first-order chi connectivity index (χ1) is 28.7. The fourth-order valence-electron chi connectivity index (χ4n) is 6.40. The van der Waals surface area contributed by atoms with Gasteiger partial charge in [-0.05, 0) is 51.4 Å². The molecule has 0 heterocycles. The van der Waals surface area contributed by atoms with E-state index in [1.165, 1.54) is 96.3 Å². The normalized spacial score (nSPS) is 14.2. The molecular formula is C48H87O10P. The Morgan fingerprint density at radius 3 is 1.41 bits per heavy atom. The van der Waals surface area contributed by atoms with Crippen LogP contribution >= 0.6 is 7.82 Å². The van der Waals surface area contributed by atoms with E-state index in [9.17, 15) is 24.2 Å². The number of carbonyl (C=O) groups excluding carboxylic acids is 2. The van der Waals surface area contributed by atoms with Crippen LogP contribution in [-0.4, -0.2) is 65.7 Å². The molecule has 3 atom stereocenters. The zero-order valence-electron chi connectivity index (χ0n) is 37.5. The molecule has 0 amide bonds. The van der Waals surface area contributed by atoms with Crippen molar-refractivity contribution in [2.45, 2.75) is 219 Å². The topological polar surface area (TPSA) is 149 Å². The Bertz CT molecular complexity index is 1120. The van der Waals surface area contributed by atoms with Crippen LogP contribution in [0.3, 0.4) is 0 Å². The lowest BCUT2D eigenvalue weighted by atomic mass is 10.0. The molecule has 11 heteroatoms. The highest BCUT2D eigenvalue weighted by molar-refractivity contribution is 7.47. The highest BCUT2D eigenvalue weighted by Gasteiger charge is 2.27. The van der Waals surface area contributed by atoms with Gasteiger partial charge in [0.05, 0.1) is 19.8 Å². The third-order valence-electron chi connectivity index (χ3n) is 10.00. The summed E-state index contributed by atoms with van der Waals surface area (Å²) in [4.78, 5) is 35.1. The Hall–Kier alpha value is -2.07. The van der Waals surface area contributed by atoms with Crippen LogP contribution in [0.5, 0.6) is 0 Å². The van der Waals surface area contributed by atoms with E-state index in [0.29, 0.717) is 12.8 Å². The molecule has 0 spiro atoms. The van der Waals surface area contributed by atoms with Gasteiger partial charge in [0.15, 0.2) is 6.10 Å². The summed E-state index contributed by atoms with van der Waals surface area (Å²) in [5, 5.41) is 18.4. The number of aliphatic hydroxyl groups excluding tert-OH is 2. The van der Waals surface area contributed by atoms with E-state index < -0.39 is 51.8 Å². The number of carbonyl (C=O) groups is 2. The molecule has 0 fully saturated rings. The third-order valence-corrected chi connectivity index (χ3v) is 10.9. The first-order valence-corrected chi connectivity index (χ1v) is 25.1. The lowest BCUT2D eigenvalue weighted by molar-refractivity contribution is -0.161. The van der Waals surface area contributed by atoms with Crippen molar-refractivity contribution in [3.8, 4) is 0 Å². The van der Waals surface area contributed by atoms with Crippen molar-refractivity contribution >= 4 is 19.8 Å². The van der Waals surface area contributed by atoms with Gasteiger partial charge < -0.3 is 24.6 Å². The molecule has 3 N–H and O–H groups in total. The molecule has 0 bridgehead atoms. The predicted molar refractivity (Wildman–Crippen MR) is 242 cm³/mol. The van der Waals surface area contributed by atoms with E-state index in [4.69, 9.17) is 23.6 Å². The number of aliphatic hydroxyl groups is 2. The number of allylic oxidation sites excluding steroid dienone is 8. The number of hydrogen-bond acceptors (Lipinski definition) is 9. The van der Waals surface area contributed by atoms with E-state index in [-0.39, 0.29) is 19.4 Å². The number of ether oxygens (including phenoxy) is 2. The Morgan fingerprint density at radius 1 is 0.525 bits per heavy atom. The molecule has 59 heavy (non-hydrogen) atoms. The van der Waals surface area contributed by atoms with Crippen LogP contribution in [0.15, 0.2) is 48.6 Å². The van der Waals surface area contributed by atoms with Crippen molar-refractivity contribution in [3.05, 3.63) is 48.6 Å². The summed E-state index contributed by atoms with van der Waals surface area (Å²) in [5.41, 5.74) is 0. The number of unbranched alkanes of at least 4 members (excludes halogenated alkanes) is 22. The summed E-state index contributed by atoms with van der Waals surface area (Å²) in [7, 11) is -4.62. The van der Waals surface area contributed by atoms with Crippen molar-refractivity contribution in [3.63, 3.8) is 0 Å². The second-order valence-corrected chi connectivity index (χ2v) is 17.2. The summed E-state index contributed by atoms with van der Waals surface area (Å²) in [6.45, 7) is 2.28. The molecular weight excluding hydrogens is 767 g/mol. The fourth-order valence-corrected chi connectivity index (χ4v) is 7.19. The van der Waals surface area contributed by atoms with Crippen LogP contribution in [0.2, 0.25) is 0 Å². The van der Waals surface area contributed by atoms with Crippen LogP contribution in [-0.2, 0) is 32.7 Å². The van der Waals surface area contributed by atoms with Crippen LogP contribution in [0, 0.1) is 0 Å².